The third-order valence-electron chi connectivity index (χ3n) is 1.87. The third-order valence-corrected chi connectivity index (χ3v) is 1.87. The minimum absolute atomic E-state index is 0.209. The van der Waals surface area contributed by atoms with Gasteiger partial charge >= 0.3 is 0 Å². The summed E-state index contributed by atoms with van der Waals surface area (Å²) in [6.45, 7) is 6.12. The predicted molar refractivity (Wildman–Crippen MR) is 50.2 cm³/mol. The van der Waals surface area contributed by atoms with Crippen molar-refractivity contribution in [1.29, 1.82) is 0 Å². The number of hydrogen-bond donors (Lipinski definition) is 0. The zero-order chi connectivity index (χ0) is 9.56. The van der Waals surface area contributed by atoms with E-state index in [0.29, 0.717) is 24.5 Å². The summed E-state index contributed by atoms with van der Waals surface area (Å²) in [4.78, 5) is 11.2. The van der Waals surface area contributed by atoms with Crippen LogP contribution in [0.15, 0.2) is 0 Å². The fourth-order valence-corrected chi connectivity index (χ4v) is 1.04. The molecule has 0 aromatic heterocycles. The standard InChI is InChI=1S/C10H20O2/c1-8(2)7-10(11)6-5-9(3)12-4/h8-9H,5-7H2,1-4H3. The summed E-state index contributed by atoms with van der Waals surface area (Å²) < 4.78 is 5.05. The largest absolute Gasteiger partial charge is 0.382 e. The number of carbonyl (C=O) groups is 1. The lowest BCUT2D eigenvalue weighted by molar-refractivity contribution is -0.120. The zero-order valence-corrected chi connectivity index (χ0v) is 8.59. The number of carbonyl (C=O) groups excluding carboxylic acids is 1. The first-order chi connectivity index (χ1) is 5.56. The molecular weight excluding hydrogens is 152 g/mol. The van der Waals surface area contributed by atoms with Crippen molar-refractivity contribution in [3.63, 3.8) is 0 Å². The van der Waals surface area contributed by atoms with E-state index in [4.69, 9.17) is 4.74 Å². The molecule has 0 aliphatic carbocycles. The Hall–Kier alpha value is -0.370. The van der Waals surface area contributed by atoms with E-state index in [9.17, 15) is 4.79 Å². The molecule has 0 aromatic rings. The van der Waals surface area contributed by atoms with Crippen LogP contribution in [0.5, 0.6) is 0 Å². The molecule has 0 aliphatic heterocycles. The van der Waals surface area contributed by atoms with E-state index in [-0.39, 0.29) is 6.10 Å². The van der Waals surface area contributed by atoms with Crippen molar-refractivity contribution in [2.24, 2.45) is 5.92 Å². The summed E-state index contributed by atoms with van der Waals surface area (Å²) in [5.74, 6) is 0.837. The Bertz CT molecular complexity index is 130. The van der Waals surface area contributed by atoms with E-state index in [1.807, 2.05) is 6.92 Å². The number of hydrogen-bond acceptors (Lipinski definition) is 2. The highest BCUT2D eigenvalue weighted by Gasteiger charge is 2.07. The molecule has 2 nitrogen and oxygen atoms in total. The predicted octanol–water partition coefficient (Wildman–Crippen LogP) is 2.42. The Morgan fingerprint density at radius 2 is 1.92 bits per heavy atom. The average molecular weight is 172 g/mol. The number of rotatable bonds is 6. The van der Waals surface area contributed by atoms with E-state index in [1.54, 1.807) is 7.11 Å². The van der Waals surface area contributed by atoms with Crippen LogP contribution in [0.25, 0.3) is 0 Å². The molecule has 0 N–H and O–H groups in total. The molecule has 0 bridgehead atoms. The summed E-state index contributed by atoms with van der Waals surface area (Å²) in [5.41, 5.74) is 0. The van der Waals surface area contributed by atoms with Crippen molar-refractivity contribution >= 4 is 5.78 Å². The molecule has 0 amide bonds. The third kappa shape index (κ3) is 6.35. The zero-order valence-electron chi connectivity index (χ0n) is 8.59. The Morgan fingerprint density at radius 3 is 2.33 bits per heavy atom. The summed E-state index contributed by atoms with van der Waals surface area (Å²) >= 11 is 0. The molecule has 0 aliphatic rings. The van der Waals surface area contributed by atoms with E-state index in [1.165, 1.54) is 0 Å². The maximum Gasteiger partial charge on any atom is 0.133 e. The highest BCUT2D eigenvalue weighted by Crippen LogP contribution is 2.07. The highest BCUT2D eigenvalue weighted by molar-refractivity contribution is 5.78. The van der Waals surface area contributed by atoms with Crippen LogP contribution in [0.1, 0.15) is 40.0 Å². The lowest BCUT2D eigenvalue weighted by atomic mass is 10.0. The number of ether oxygens (including phenoxy) is 1. The van der Waals surface area contributed by atoms with Crippen LogP contribution in [0, 0.1) is 5.92 Å². The van der Waals surface area contributed by atoms with Crippen LogP contribution in [0.2, 0.25) is 0 Å². The van der Waals surface area contributed by atoms with Crippen LogP contribution in [0.3, 0.4) is 0 Å². The quantitative estimate of drug-likeness (QED) is 0.615. The van der Waals surface area contributed by atoms with Gasteiger partial charge in [-0.05, 0) is 19.3 Å². The minimum atomic E-state index is 0.209. The van der Waals surface area contributed by atoms with Crippen LogP contribution in [-0.2, 0) is 9.53 Å². The van der Waals surface area contributed by atoms with Gasteiger partial charge in [-0.15, -0.1) is 0 Å². The normalized spacial score (nSPS) is 13.4. The average Bonchev–Trinajstić information content (AvgIpc) is 1.99. The van der Waals surface area contributed by atoms with Gasteiger partial charge in [0.1, 0.15) is 5.78 Å². The van der Waals surface area contributed by atoms with Crippen molar-refractivity contribution < 1.29 is 9.53 Å². The maximum absolute atomic E-state index is 11.2. The maximum atomic E-state index is 11.2. The van der Waals surface area contributed by atoms with E-state index in [0.717, 1.165) is 6.42 Å². The fraction of sp³-hybridized carbons (Fsp3) is 0.900. The number of methoxy groups -OCH3 is 1. The molecule has 0 aromatic carbocycles. The van der Waals surface area contributed by atoms with E-state index < -0.39 is 0 Å². The minimum Gasteiger partial charge on any atom is -0.382 e. The molecule has 1 unspecified atom stereocenters. The second kappa shape index (κ2) is 6.18. The Balaban J connectivity index is 3.44. The monoisotopic (exact) mass is 172 g/mol. The van der Waals surface area contributed by atoms with Gasteiger partial charge in [0, 0.05) is 20.0 Å². The first kappa shape index (κ1) is 11.6. The van der Waals surface area contributed by atoms with Gasteiger partial charge in [-0.25, -0.2) is 0 Å². The van der Waals surface area contributed by atoms with Gasteiger partial charge in [0.15, 0.2) is 0 Å². The number of ketones is 1. The van der Waals surface area contributed by atoms with Crippen molar-refractivity contribution in [2.45, 2.75) is 46.1 Å². The first-order valence-electron chi connectivity index (χ1n) is 4.60. The van der Waals surface area contributed by atoms with Crippen LogP contribution < -0.4 is 0 Å². The molecule has 0 saturated heterocycles. The molecule has 1 atom stereocenters. The van der Waals surface area contributed by atoms with Gasteiger partial charge in [-0.2, -0.15) is 0 Å². The molecule has 0 radical (unpaired) electrons. The van der Waals surface area contributed by atoms with Crippen LogP contribution >= 0.6 is 0 Å². The van der Waals surface area contributed by atoms with Gasteiger partial charge in [0.2, 0.25) is 0 Å². The van der Waals surface area contributed by atoms with Gasteiger partial charge in [-0.3, -0.25) is 4.79 Å². The van der Waals surface area contributed by atoms with Crippen molar-refractivity contribution in [3.8, 4) is 0 Å². The Labute approximate surface area is 75.3 Å². The molecule has 2 heteroatoms. The lowest BCUT2D eigenvalue weighted by Crippen LogP contribution is -2.09. The molecule has 72 valence electrons. The summed E-state index contributed by atoms with van der Waals surface area (Å²) in [7, 11) is 1.68. The summed E-state index contributed by atoms with van der Waals surface area (Å²) in [6, 6.07) is 0. The van der Waals surface area contributed by atoms with Gasteiger partial charge in [0.05, 0.1) is 6.10 Å². The topological polar surface area (TPSA) is 26.3 Å². The SMILES string of the molecule is COC(C)CCC(=O)CC(C)C. The Kier molecular flexibility index (Phi) is 5.99. The Morgan fingerprint density at radius 1 is 1.33 bits per heavy atom. The summed E-state index contributed by atoms with van der Waals surface area (Å²) in [6.07, 6.45) is 2.42. The van der Waals surface area contributed by atoms with E-state index in [2.05, 4.69) is 13.8 Å². The fourth-order valence-electron chi connectivity index (χ4n) is 1.04. The highest BCUT2D eigenvalue weighted by atomic mass is 16.5. The summed E-state index contributed by atoms with van der Waals surface area (Å²) in [5, 5.41) is 0. The van der Waals surface area contributed by atoms with Crippen molar-refractivity contribution in [1.82, 2.24) is 0 Å². The molecule has 0 fully saturated rings. The van der Waals surface area contributed by atoms with Crippen molar-refractivity contribution in [2.75, 3.05) is 7.11 Å². The smallest absolute Gasteiger partial charge is 0.133 e. The molecule has 0 heterocycles. The number of Topliss-reactive ketones (excluding diaryl/α,β-unsaturated/α-hetero) is 1. The molecule has 0 spiro atoms. The van der Waals surface area contributed by atoms with Gasteiger partial charge in [0.25, 0.3) is 0 Å². The first-order valence-corrected chi connectivity index (χ1v) is 4.60. The molecular formula is C10H20O2. The molecule has 0 rings (SSSR count). The van der Waals surface area contributed by atoms with Gasteiger partial charge in [-0.1, -0.05) is 13.8 Å². The van der Waals surface area contributed by atoms with Crippen LogP contribution in [-0.4, -0.2) is 19.0 Å². The second-order valence-electron chi connectivity index (χ2n) is 3.72. The second-order valence-corrected chi connectivity index (χ2v) is 3.72. The molecule has 12 heavy (non-hydrogen) atoms. The lowest BCUT2D eigenvalue weighted by Gasteiger charge is -2.08. The van der Waals surface area contributed by atoms with E-state index >= 15 is 0 Å². The van der Waals surface area contributed by atoms with Crippen molar-refractivity contribution in [3.05, 3.63) is 0 Å². The molecule has 0 saturated carbocycles. The van der Waals surface area contributed by atoms with Gasteiger partial charge < -0.3 is 4.74 Å². The van der Waals surface area contributed by atoms with Crippen LogP contribution in [0.4, 0.5) is 0 Å².